The quantitative estimate of drug-likeness (QED) is 0.802. The van der Waals surface area contributed by atoms with E-state index in [1.54, 1.807) is 11.6 Å². The third-order valence-corrected chi connectivity index (χ3v) is 4.38. The van der Waals surface area contributed by atoms with E-state index in [2.05, 4.69) is 20.8 Å². The maximum absolute atomic E-state index is 13.2. The van der Waals surface area contributed by atoms with Crippen LogP contribution in [0.2, 0.25) is 0 Å². The molecule has 1 fully saturated rings. The first-order valence-electron chi connectivity index (χ1n) is 8.17. The van der Waals surface area contributed by atoms with Crippen molar-refractivity contribution in [3.8, 4) is 0 Å². The Morgan fingerprint density at radius 1 is 1.20 bits per heavy atom. The second-order valence-electron chi connectivity index (χ2n) is 5.91. The molecule has 0 aliphatic carbocycles. The van der Waals surface area contributed by atoms with Gasteiger partial charge in [0.2, 0.25) is 0 Å². The third kappa shape index (κ3) is 2.86. The fourth-order valence-corrected chi connectivity index (χ4v) is 3.01. The van der Waals surface area contributed by atoms with Gasteiger partial charge in [0.05, 0.1) is 6.54 Å². The lowest BCUT2D eigenvalue weighted by atomic mass is 9.87. The SMILES string of the molecule is CCCn1nnnc1CN1C(=O)N[C@@](CC)(c2ccc(F)cc2)C1=O. The first kappa shape index (κ1) is 17.0. The molecule has 0 bridgehead atoms. The van der Waals surface area contributed by atoms with Crippen LogP contribution < -0.4 is 5.32 Å². The van der Waals surface area contributed by atoms with Crippen molar-refractivity contribution >= 4 is 11.9 Å². The van der Waals surface area contributed by atoms with Gasteiger partial charge in [-0.25, -0.2) is 13.9 Å². The van der Waals surface area contributed by atoms with E-state index in [0.717, 1.165) is 11.3 Å². The molecule has 1 atom stereocenters. The highest BCUT2D eigenvalue weighted by atomic mass is 19.1. The zero-order chi connectivity index (χ0) is 18.0. The van der Waals surface area contributed by atoms with Gasteiger partial charge in [-0.1, -0.05) is 26.0 Å². The second kappa shape index (κ2) is 6.58. The summed E-state index contributed by atoms with van der Waals surface area (Å²) in [6.07, 6.45) is 1.17. The molecule has 1 N–H and O–H groups in total. The molecule has 132 valence electrons. The molecular formula is C16H19FN6O2. The number of halogens is 1. The number of amides is 3. The van der Waals surface area contributed by atoms with Gasteiger partial charge in [0, 0.05) is 6.54 Å². The number of rotatable bonds is 6. The minimum Gasteiger partial charge on any atom is -0.319 e. The normalized spacial score (nSPS) is 20.2. The molecule has 1 aromatic heterocycles. The van der Waals surface area contributed by atoms with Crippen LogP contribution in [0.1, 0.15) is 38.1 Å². The molecule has 0 spiro atoms. The van der Waals surface area contributed by atoms with E-state index in [-0.39, 0.29) is 6.54 Å². The van der Waals surface area contributed by atoms with Crippen LogP contribution in [0.5, 0.6) is 0 Å². The molecule has 8 nitrogen and oxygen atoms in total. The summed E-state index contributed by atoms with van der Waals surface area (Å²) in [6, 6.07) is 5.07. The van der Waals surface area contributed by atoms with Gasteiger partial charge in [0.15, 0.2) is 5.82 Å². The van der Waals surface area contributed by atoms with Gasteiger partial charge >= 0.3 is 6.03 Å². The van der Waals surface area contributed by atoms with E-state index >= 15 is 0 Å². The summed E-state index contributed by atoms with van der Waals surface area (Å²) < 4.78 is 14.8. The number of hydrogen-bond donors (Lipinski definition) is 1. The van der Waals surface area contributed by atoms with Crippen molar-refractivity contribution in [3.63, 3.8) is 0 Å². The van der Waals surface area contributed by atoms with Crippen LogP contribution in [0.25, 0.3) is 0 Å². The highest BCUT2D eigenvalue weighted by Crippen LogP contribution is 2.33. The zero-order valence-electron chi connectivity index (χ0n) is 14.1. The standard InChI is InChI=1S/C16H19FN6O2/c1-3-9-23-13(19-20-21-23)10-22-14(24)16(4-2,18-15(22)25)11-5-7-12(17)8-6-11/h5-8H,3-4,9-10H2,1-2H3,(H,18,25)/t16-/m0/s1. The summed E-state index contributed by atoms with van der Waals surface area (Å²) in [7, 11) is 0. The molecule has 1 aromatic carbocycles. The Morgan fingerprint density at radius 2 is 1.92 bits per heavy atom. The molecule has 2 heterocycles. The van der Waals surface area contributed by atoms with Crippen molar-refractivity contribution in [1.29, 1.82) is 0 Å². The Balaban J connectivity index is 1.90. The fourth-order valence-electron chi connectivity index (χ4n) is 3.01. The Morgan fingerprint density at radius 3 is 2.56 bits per heavy atom. The predicted octanol–water partition coefficient (Wildman–Crippen LogP) is 1.58. The second-order valence-corrected chi connectivity index (χ2v) is 5.91. The Kier molecular flexibility index (Phi) is 4.47. The number of tetrazole rings is 1. The number of aromatic nitrogens is 4. The van der Waals surface area contributed by atoms with E-state index in [0.29, 0.717) is 24.4 Å². The van der Waals surface area contributed by atoms with Gasteiger partial charge in [0.1, 0.15) is 11.4 Å². The van der Waals surface area contributed by atoms with E-state index in [1.165, 1.54) is 24.3 Å². The molecule has 0 saturated carbocycles. The summed E-state index contributed by atoms with van der Waals surface area (Å²) in [6.45, 7) is 4.37. The molecule has 2 aromatic rings. The summed E-state index contributed by atoms with van der Waals surface area (Å²) >= 11 is 0. The number of nitrogens with one attached hydrogen (secondary N) is 1. The maximum atomic E-state index is 13.2. The smallest absolute Gasteiger partial charge is 0.319 e. The topological polar surface area (TPSA) is 93.0 Å². The van der Waals surface area contributed by atoms with Gasteiger partial charge in [0.25, 0.3) is 5.91 Å². The number of carbonyl (C=O) groups excluding carboxylic acids is 2. The van der Waals surface area contributed by atoms with Gasteiger partial charge in [-0.2, -0.15) is 0 Å². The molecule has 1 aliphatic rings. The minimum absolute atomic E-state index is 0.0133. The summed E-state index contributed by atoms with van der Waals surface area (Å²) in [4.78, 5) is 26.6. The van der Waals surface area contributed by atoms with E-state index < -0.39 is 23.3 Å². The van der Waals surface area contributed by atoms with Crippen molar-refractivity contribution in [1.82, 2.24) is 30.4 Å². The maximum Gasteiger partial charge on any atom is 0.325 e. The monoisotopic (exact) mass is 346 g/mol. The van der Waals surface area contributed by atoms with Crippen LogP contribution in [-0.2, 0) is 23.4 Å². The van der Waals surface area contributed by atoms with Gasteiger partial charge in [-0.3, -0.25) is 9.69 Å². The Hall–Kier alpha value is -2.84. The van der Waals surface area contributed by atoms with Crippen LogP contribution in [0.15, 0.2) is 24.3 Å². The van der Waals surface area contributed by atoms with Crippen molar-refractivity contribution in [3.05, 3.63) is 41.5 Å². The van der Waals surface area contributed by atoms with Gasteiger partial charge in [-0.15, -0.1) is 5.10 Å². The largest absolute Gasteiger partial charge is 0.325 e. The minimum atomic E-state index is -1.20. The molecule has 25 heavy (non-hydrogen) atoms. The highest BCUT2D eigenvalue weighted by molar-refractivity contribution is 6.07. The van der Waals surface area contributed by atoms with Crippen molar-refractivity contribution < 1.29 is 14.0 Å². The first-order chi connectivity index (χ1) is 12.0. The number of aryl methyl sites for hydroxylation is 1. The van der Waals surface area contributed by atoms with Crippen molar-refractivity contribution in [2.24, 2.45) is 0 Å². The average molecular weight is 346 g/mol. The Labute approximate surface area is 144 Å². The number of imide groups is 1. The van der Waals surface area contributed by atoms with Crippen LogP contribution in [0.3, 0.4) is 0 Å². The van der Waals surface area contributed by atoms with Crippen molar-refractivity contribution in [2.75, 3.05) is 0 Å². The average Bonchev–Trinajstić information content (AvgIpc) is 3.14. The summed E-state index contributed by atoms with van der Waals surface area (Å²) in [5.41, 5.74) is -0.654. The highest BCUT2D eigenvalue weighted by Gasteiger charge is 2.51. The zero-order valence-corrected chi connectivity index (χ0v) is 14.1. The molecule has 1 aliphatic heterocycles. The lowest BCUT2D eigenvalue weighted by Gasteiger charge is -2.25. The molecule has 3 amide bonds. The molecule has 0 unspecified atom stereocenters. The Bertz CT molecular complexity index is 790. The van der Waals surface area contributed by atoms with Gasteiger partial charge < -0.3 is 5.32 Å². The number of carbonyl (C=O) groups is 2. The van der Waals surface area contributed by atoms with Crippen LogP contribution in [0.4, 0.5) is 9.18 Å². The number of nitrogens with zero attached hydrogens (tertiary/aromatic N) is 5. The van der Waals surface area contributed by atoms with Crippen LogP contribution >= 0.6 is 0 Å². The molecule has 9 heteroatoms. The van der Waals surface area contributed by atoms with Crippen LogP contribution in [0, 0.1) is 5.82 Å². The summed E-state index contributed by atoms with van der Waals surface area (Å²) in [5, 5.41) is 14.1. The molecule has 0 radical (unpaired) electrons. The van der Waals surface area contributed by atoms with Crippen LogP contribution in [-0.4, -0.2) is 37.0 Å². The lowest BCUT2D eigenvalue weighted by Crippen LogP contribution is -2.43. The first-order valence-corrected chi connectivity index (χ1v) is 8.17. The van der Waals surface area contributed by atoms with E-state index in [9.17, 15) is 14.0 Å². The summed E-state index contributed by atoms with van der Waals surface area (Å²) in [5.74, 6) is -0.351. The van der Waals surface area contributed by atoms with Gasteiger partial charge in [-0.05, 0) is 41.0 Å². The molecular weight excluding hydrogens is 327 g/mol. The predicted molar refractivity (Wildman–Crippen MR) is 85.6 cm³/mol. The fraction of sp³-hybridized carbons (Fsp3) is 0.438. The van der Waals surface area contributed by atoms with Crippen molar-refractivity contribution in [2.45, 2.75) is 45.3 Å². The van der Waals surface area contributed by atoms with E-state index in [1.807, 2.05) is 6.92 Å². The number of hydrogen-bond acceptors (Lipinski definition) is 5. The molecule has 1 saturated heterocycles. The lowest BCUT2D eigenvalue weighted by molar-refractivity contribution is -0.132. The van der Waals surface area contributed by atoms with E-state index in [4.69, 9.17) is 0 Å². The number of urea groups is 1. The molecule has 3 rings (SSSR count). The number of benzene rings is 1. The third-order valence-electron chi connectivity index (χ3n) is 4.38.